The van der Waals surface area contributed by atoms with Gasteiger partial charge in [-0.3, -0.25) is 10.1 Å². The fourth-order valence-electron chi connectivity index (χ4n) is 2.82. The zero-order valence-corrected chi connectivity index (χ0v) is 11.9. The zero-order valence-electron chi connectivity index (χ0n) is 11.1. The van der Waals surface area contributed by atoms with Gasteiger partial charge in [-0.25, -0.2) is 0 Å². The second kappa shape index (κ2) is 4.79. The molecule has 0 saturated carbocycles. The van der Waals surface area contributed by atoms with Crippen LogP contribution in [0.5, 0.6) is 0 Å². The van der Waals surface area contributed by atoms with Crippen molar-refractivity contribution in [2.75, 3.05) is 17.2 Å². The predicted molar refractivity (Wildman–Crippen MR) is 81.3 cm³/mol. The van der Waals surface area contributed by atoms with Crippen molar-refractivity contribution in [3.05, 3.63) is 50.2 Å². The molecule has 0 saturated heterocycles. The van der Waals surface area contributed by atoms with Crippen LogP contribution < -0.4 is 10.6 Å². The summed E-state index contributed by atoms with van der Waals surface area (Å²) in [6, 6.07) is 7.36. The molecule has 2 heterocycles. The molecule has 1 aromatic heterocycles. The van der Waals surface area contributed by atoms with E-state index < -0.39 is 0 Å². The number of nitro groups is 1. The maximum absolute atomic E-state index is 11.3. The van der Waals surface area contributed by atoms with Gasteiger partial charge < -0.3 is 10.6 Å². The number of fused-ring (bicyclic) bond motifs is 1. The maximum Gasteiger partial charge on any atom is 0.315 e. The number of nitrogens with zero attached hydrogens (tertiary/aromatic N) is 2. The molecule has 1 unspecified atom stereocenters. The number of nitrogens with two attached hydrogens (primary N) is 1. The number of hydrogen-bond donors (Lipinski definition) is 1. The van der Waals surface area contributed by atoms with Gasteiger partial charge in [-0.05, 0) is 42.5 Å². The lowest BCUT2D eigenvalue weighted by atomic mass is 10.00. The van der Waals surface area contributed by atoms with E-state index in [1.165, 1.54) is 10.4 Å². The van der Waals surface area contributed by atoms with Crippen molar-refractivity contribution in [2.45, 2.75) is 19.4 Å². The molecule has 0 radical (unpaired) electrons. The van der Waals surface area contributed by atoms with Crippen molar-refractivity contribution in [1.29, 1.82) is 0 Å². The Hall–Kier alpha value is -2.08. The van der Waals surface area contributed by atoms with E-state index in [0.717, 1.165) is 13.0 Å². The van der Waals surface area contributed by atoms with Crippen LogP contribution in [0.1, 0.15) is 23.4 Å². The number of hydrogen-bond acceptors (Lipinski definition) is 5. The van der Waals surface area contributed by atoms with Crippen molar-refractivity contribution >= 4 is 28.4 Å². The molecule has 0 bridgehead atoms. The van der Waals surface area contributed by atoms with Gasteiger partial charge in [-0.2, -0.15) is 0 Å². The lowest BCUT2D eigenvalue weighted by Crippen LogP contribution is -2.33. The minimum atomic E-state index is -0.388. The highest BCUT2D eigenvalue weighted by atomic mass is 32.1. The fraction of sp³-hybridized carbons (Fsp3) is 0.286. The highest BCUT2D eigenvalue weighted by Gasteiger charge is 2.30. The summed E-state index contributed by atoms with van der Waals surface area (Å²) in [6.07, 6.45) is 0.920. The van der Waals surface area contributed by atoms with Crippen molar-refractivity contribution < 1.29 is 4.92 Å². The third-order valence-electron chi connectivity index (χ3n) is 3.82. The van der Waals surface area contributed by atoms with E-state index in [1.54, 1.807) is 29.5 Å². The van der Waals surface area contributed by atoms with E-state index >= 15 is 0 Å². The van der Waals surface area contributed by atoms with E-state index in [0.29, 0.717) is 5.69 Å². The number of thiophene rings is 1. The molecule has 0 spiro atoms. The van der Waals surface area contributed by atoms with Gasteiger partial charge in [-0.15, -0.1) is 11.3 Å². The Morgan fingerprint density at radius 2 is 2.25 bits per heavy atom. The highest BCUT2D eigenvalue weighted by molar-refractivity contribution is 7.10. The first-order valence-electron chi connectivity index (χ1n) is 6.45. The van der Waals surface area contributed by atoms with E-state index in [4.69, 9.17) is 5.73 Å². The summed E-state index contributed by atoms with van der Waals surface area (Å²) in [5, 5.41) is 13.4. The average Bonchev–Trinajstić information content (AvgIpc) is 2.87. The Bertz CT molecular complexity index is 668. The minimum absolute atomic E-state index is 0.0121. The van der Waals surface area contributed by atoms with Gasteiger partial charge in [0, 0.05) is 11.4 Å². The SMILES string of the molecule is CC1c2ccsc2CCN1c1cccc(N)c1[N+](=O)[O-]. The van der Waals surface area contributed by atoms with Gasteiger partial charge in [0.05, 0.1) is 11.0 Å². The number of para-hydroxylation sites is 1. The third kappa shape index (κ3) is 1.92. The summed E-state index contributed by atoms with van der Waals surface area (Å²) in [5.74, 6) is 0. The number of rotatable bonds is 2. The van der Waals surface area contributed by atoms with Gasteiger partial charge in [0.25, 0.3) is 0 Å². The van der Waals surface area contributed by atoms with Crippen LogP contribution in [0.3, 0.4) is 0 Å². The molecule has 6 heteroatoms. The van der Waals surface area contributed by atoms with Crippen molar-refractivity contribution in [3.8, 4) is 0 Å². The Labute approximate surface area is 120 Å². The van der Waals surface area contributed by atoms with Crippen LogP contribution >= 0.6 is 11.3 Å². The van der Waals surface area contributed by atoms with E-state index in [2.05, 4.69) is 23.3 Å². The molecule has 2 aromatic rings. The van der Waals surface area contributed by atoms with Crippen LogP contribution in [0, 0.1) is 10.1 Å². The molecule has 1 aliphatic rings. The van der Waals surface area contributed by atoms with Gasteiger partial charge in [0.1, 0.15) is 11.4 Å². The number of nitro benzene ring substituents is 1. The Balaban J connectivity index is 2.07. The summed E-state index contributed by atoms with van der Waals surface area (Å²) in [5.41, 5.74) is 7.89. The largest absolute Gasteiger partial charge is 0.393 e. The van der Waals surface area contributed by atoms with Gasteiger partial charge in [-0.1, -0.05) is 6.07 Å². The molecule has 0 fully saturated rings. The predicted octanol–water partition coefficient (Wildman–Crippen LogP) is 3.36. The first-order valence-corrected chi connectivity index (χ1v) is 7.33. The van der Waals surface area contributed by atoms with E-state index in [1.807, 2.05) is 0 Å². The second-order valence-electron chi connectivity index (χ2n) is 4.89. The van der Waals surface area contributed by atoms with Crippen LogP contribution in [0.15, 0.2) is 29.6 Å². The molecule has 1 aliphatic heterocycles. The van der Waals surface area contributed by atoms with Crippen molar-refractivity contribution in [2.24, 2.45) is 0 Å². The molecule has 0 amide bonds. The number of nitrogen functional groups attached to an aromatic ring is 1. The number of benzene rings is 1. The highest BCUT2D eigenvalue weighted by Crippen LogP contribution is 2.41. The summed E-state index contributed by atoms with van der Waals surface area (Å²) >= 11 is 1.75. The van der Waals surface area contributed by atoms with Gasteiger partial charge in [0.2, 0.25) is 0 Å². The average molecular weight is 289 g/mol. The molecule has 1 atom stereocenters. The summed E-state index contributed by atoms with van der Waals surface area (Å²) in [7, 11) is 0. The zero-order chi connectivity index (χ0) is 14.3. The summed E-state index contributed by atoms with van der Waals surface area (Å²) < 4.78 is 0. The van der Waals surface area contributed by atoms with Crippen molar-refractivity contribution in [3.63, 3.8) is 0 Å². The Morgan fingerprint density at radius 3 is 3.00 bits per heavy atom. The monoisotopic (exact) mass is 289 g/mol. The van der Waals surface area contributed by atoms with Crippen LogP contribution in [0.4, 0.5) is 17.1 Å². The minimum Gasteiger partial charge on any atom is -0.393 e. The Kier molecular flexibility index (Phi) is 3.10. The van der Waals surface area contributed by atoms with Crippen molar-refractivity contribution in [1.82, 2.24) is 0 Å². The molecule has 104 valence electrons. The molecule has 2 N–H and O–H groups in total. The molecular formula is C14H15N3O2S. The first kappa shape index (κ1) is 12.9. The third-order valence-corrected chi connectivity index (χ3v) is 4.81. The standard InChI is InChI=1S/C14H15N3O2S/c1-9-10-6-8-20-13(10)5-7-16(9)12-4-2-3-11(15)14(12)17(18)19/h2-4,6,8-9H,5,7,15H2,1H3. The topological polar surface area (TPSA) is 72.4 Å². The van der Waals surface area contributed by atoms with Crippen LogP contribution in [-0.4, -0.2) is 11.5 Å². The Morgan fingerprint density at radius 1 is 1.45 bits per heavy atom. The maximum atomic E-state index is 11.3. The lowest BCUT2D eigenvalue weighted by molar-refractivity contribution is -0.383. The van der Waals surface area contributed by atoms with Crippen LogP contribution in [0.2, 0.25) is 0 Å². The summed E-state index contributed by atoms with van der Waals surface area (Å²) in [6.45, 7) is 2.86. The van der Waals surface area contributed by atoms with Crippen LogP contribution in [-0.2, 0) is 6.42 Å². The smallest absolute Gasteiger partial charge is 0.315 e. The fourth-order valence-corrected chi connectivity index (χ4v) is 3.78. The summed E-state index contributed by atoms with van der Waals surface area (Å²) in [4.78, 5) is 14.3. The molecule has 1 aromatic carbocycles. The second-order valence-corrected chi connectivity index (χ2v) is 5.89. The van der Waals surface area contributed by atoms with Crippen LogP contribution in [0.25, 0.3) is 0 Å². The first-order chi connectivity index (χ1) is 9.59. The van der Waals surface area contributed by atoms with Gasteiger partial charge in [0.15, 0.2) is 0 Å². The van der Waals surface area contributed by atoms with Gasteiger partial charge >= 0.3 is 5.69 Å². The normalized spacial score (nSPS) is 17.9. The molecule has 3 rings (SSSR count). The molecular weight excluding hydrogens is 274 g/mol. The molecule has 0 aliphatic carbocycles. The van der Waals surface area contributed by atoms with E-state index in [-0.39, 0.29) is 22.3 Å². The van der Waals surface area contributed by atoms with E-state index in [9.17, 15) is 10.1 Å². The molecule has 5 nitrogen and oxygen atoms in total. The molecule has 20 heavy (non-hydrogen) atoms. The lowest BCUT2D eigenvalue weighted by Gasteiger charge is -2.35. The number of anilines is 2. The quantitative estimate of drug-likeness (QED) is 0.522.